The fourth-order valence-electron chi connectivity index (χ4n) is 2.72. The highest BCUT2D eigenvalue weighted by atomic mass is 16.5. The van der Waals surface area contributed by atoms with Crippen molar-refractivity contribution < 1.29 is 9.84 Å². The Hall–Kier alpha value is -1.68. The van der Waals surface area contributed by atoms with Crippen molar-refractivity contribution in [3.05, 3.63) is 60.2 Å². The van der Waals surface area contributed by atoms with Crippen LogP contribution in [0.15, 0.2) is 54.6 Å². The van der Waals surface area contributed by atoms with Gasteiger partial charge in [-0.1, -0.05) is 54.6 Å². The Morgan fingerprint density at radius 2 is 1.60 bits per heavy atom. The van der Waals surface area contributed by atoms with Crippen molar-refractivity contribution in [1.29, 1.82) is 0 Å². The van der Waals surface area contributed by atoms with E-state index in [2.05, 4.69) is 36.4 Å². The summed E-state index contributed by atoms with van der Waals surface area (Å²) in [5.74, 6) is 0. The Bertz CT molecular complexity index is 561. The number of ether oxygens (including phenoxy) is 1. The summed E-state index contributed by atoms with van der Waals surface area (Å²) < 4.78 is 5.34. The van der Waals surface area contributed by atoms with E-state index in [1.54, 1.807) is 0 Å². The molecule has 0 spiro atoms. The number of rotatable bonds is 4. The van der Waals surface area contributed by atoms with Gasteiger partial charge >= 0.3 is 0 Å². The van der Waals surface area contributed by atoms with Crippen LogP contribution in [-0.2, 0) is 10.2 Å². The maximum atomic E-state index is 9.35. The van der Waals surface area contributed by atoms with Gasteiger partial charge in [0.05, 0.1) is 25.2 Å². The maximum absolute atomic E-state index is 9.35. The SMILES string of the molecule is NC(CO)C1(c2ccc(-c3ccccc3)cc2)COC1. The van der Waals surface area contributed by atoms with E-state index in [0.717, 1.165) is 5.56 Å². The molecule has 1 saturated heterocycles. The molecular formula is C17H19NO2. The zero-order chi connectivity index (χ0) is 14.0. The summed E-state index contributed by atoms with van der Waals surface area (Å²) in [6.07, 6.45) is 0. The zero-order valence-electron chi connectivity index (χ0n) is 11.3. The molecule has 3 N–H and O–H groups in total. The average molecular weight is 269 g/mol. The van der Waals surface area contributed by atoms with Gasteiger partial charge in [0.15, 0.2) is 0 Å². The first-order chi connectivity index (χ1) is 9.76. The minimum Gasteiger partial charge on any atom is -0.395 e. The fourth-order valence-corrected chi connectivity index (χ4v) is 2.72. The highest BCUT2D eigenvalue weighted by molar-refractivity contribution is 5.63. The molecule has 1 unspecified atom stereocenters. The third-order valence-corrected chi connectivity index (χ3v) is 4.19. The Morgan fingerprint density at radius 3 is 2.10 bits per heavy atom. The van der Waals surface area contributed by atoms with Crippen LogP contribution < -0.4 is 5.73 Å². The Kier molecular flexibility index (Phi) is 3.57. The number of nitrogens with two attached hydrogens (primary N) is 1. The van der Waals surface area contributed by atoms with Crippen molar-refractivity contribution in [2.75, 3.05) is 19.8 Å². The van der Waals surface area contributed by atoms with Gasteiger partial charge in [0.25, 0.3) is 0 Å². The molecule has 1 aliphatic rings. The maximum Gasteiger partial charge on any atom is 0.0601 e. The lowest BCUT2D eigenvalue weighted by molar-refractivity contribution is -0.0798. The Balaban J connectivity index is 1.90. The summed E-state index contributed by atoms with van der Waals surface area (Å²) in [5, 5.41) is 9.35. The Morgan fingerprint density at radius 1 is 1.00 bits per heavy atom. The second-order valence-electron chi connectivity index (χ2n) is 5.38. The third kappa shape index (κ3) is 2.14. The van der Waals surface area contributed by atoms with Gasteiger partial charge in [0, 0.05) is 6.04 Å². The molecule has 3 rings (SSSR count). The first-order valence-corrected chi connectivity index (χ1v) is 6.86. The molecule has 0 aliphatic carbocycles. The minimum atomic E-state index is -0.279. The van der Waals surface area contributed by atoms with Crippen molar-refractivity contribution in [1.82, 2.24) is 0 Å². The minimum absolute atomic E-state index is 0.0240. The molecule has 0 bridgehead atoms. The lowest BCUT2D eigenvalue weighted by Crippen LogP contribution is -2.60. The van der Waals surface area contributed by atoms with Crippen LogP contribution in [0.3, 0.4) is 0 Å². The largest absolute Gasteiger partial charge is 0.395 e. The molecule has 3 nitrogen and oxygen atoms in total. The zero-order valence-corrected chi connectivity index (χ0v) is 11.3. The van der Waals surface area contributed by atoms with Crippen LogP contribution in [0.25, 0.3) is 11.1 Å². The van der Waals surface area contributed by atoms with Crippen LogP contribution >= 0.6 is 0 Å². The summed E-state index contributed by atoms with van der Waals surface area (Å²) in [6, 6.07) is 18.4. The van der Waals surface area contributed by atoms with Crippen LogP contribution in [0.4, 0.5) is 0 Å². The average Bonchev–Trinajstić information content (AvgIpc) is 2.47. The van der Waals surface area contributed by atoms with E-state index in [9.17, 15) is 5.11 Å². The predicted octanol–water partition coefficient (Wildman–Crippen LogP) is 1.94. The van der Waals surface area contributed by atoms with E-state index in [1.165, 1.54) is 11.1 Å². The van der Waals surface area contributed by atoms with Crippen molar-refractivity contribution in [3.8, 4) is 11.1 Å². The molecule has 1 atom stereocenters. The van der Waals surface area contributed by atoms with Gasteiger partial charge in [0.2, 0.25) is 0 Å². The van der Waals surface area contributed by atoms with Gasteiger partial charge in [0.1, 0.15) is 0 Å². The van der Waals surface area contributed by atoms with E-state index in [4.69, 9.17) is 10.5 Å². The summed E-state index contributed by atoms with van der Waals surface area (Å²) in [5.41, 5.74) is 9.36. The van der Waals surface area contributed by atoms with Crippen LogP contribution in [0.1, 0.15) is 5.56 Å². The third-order valence-electron chi connectivity index (χ3n) is 4.19. The van der Waals surface area contributed by atoms with E-state index >= 15 is 0 Å². The Labute approximate surface area is 119 Å². The molecule has 2 aromatic carbocycles. The molecule has 1 heterocycles. The molecule has 0 aromatic heterocycles. The van der Waals surface area contributed by atoms with Gasteiger partial charge in [-0.15, -0.1) is 0 Å². The summed E-state index contributed by atoms with van der Waals surface area (Å²) >= 11 is 0. The molecule has 1 fully saturated rings. The number of aliphatic hydroxyl groups excluding tert-OH is 1. The molecule has 0 saturated carbocycles. The predicted molar refractivity (Wildman–Crippen MR) is 79.4 cm³/mol. The molecule has 2 aromatic rings. The van der Waals surface area contributed by atoms with Crippen LogP contribution in [0.2, 0.25) is 0 Å². The van der Waals surface area contributed by atoms with Gasteiger partial charge in [-0.3, -0.25) is 0 Å². The lowest BCUT2D eigenvalue weighted by Gasteiger charge is -2.45. The normalized spacial score (nSPS) is 18.3. The number of benzene rings is 2. The first kappa shape index (κ1) is 13.3. The van der Waals surface area contributed by atoms with E-state index in [-0.39, 0.29) is 18.1 Å². The summed E-state index contributed by atoms with van der Waals surface area (Å²) in [4.78, 5) is 0. The van der Waals surface area contributed by atoms with Gasteiger partial charge in [-0.05, 0) is 16.7 Å². The van der Waals surface area contributed by atoms with Gasteiger partial charge in [-0.2, -0.15) is 0 Å². The smallest absolute Gasteiger partial charge is 0.0601 e. The quantitative estimate of drug-likeness (QED) is 0.892. The monoisotopic (exact) mass is 269 g/mol. The summed E-state index contributed by atoms with van der Waals surface area (Å²) in [7, 11) is 0. The molecule has 20 heavy (non-hydrogen) atoms. The van der Waals surface area contributed by atoms with Crippen LogP contribution in [0, 0.1) is 0 Å². The summed E-state index contributed by atoms with van der Waals surface area (Å²) in [6.45, 7) is 1.14. The second kappa shape index (κ2) is 5.37. The van der Waals surface area contributed by atoms with E-state index in [1.807, 2.05) is 18.2 Å². The van der Waals surface area contributed by atoms with Crippen LogP contribution in [0.5, 0.6) is 0 Å². The van der Waals surface area contributed by atoms with Crippen molar-refractivity contribution in [2.24, 2.45) is 5.73 Å². The van der Waals surface area contributed by atoms with Gasteiger partial charge < -0.3 is 15.6 Å². The molecule has 3 heteroatoms. The molecule has 104 valence electrons. The van der Waals surface area contributed by atoms with Gasteiger partial charge in [-0.25, -0.2) is 0 Å². The highest BCUT2D eigenvalue weighted by Crippen LogP contribution is 2.35. The van der Waals surface area contributed by atoms with Crippen molar-refractivity contribution >= 4 is 0 Å². The topological polar surface area (TPSA) is 55.5 Å². The fraction of sp³-hybridized carbons (Fsp3) is 0.294. The van der Waals surface area contributed by atoms with Crippen molar-refractivity contribution in [2.45, 2.75) is 11.5 Å². The molecule has 0 amide bonds. The second-order valence-corrected chi connectivity index (χ2v) is 5.38. The van der Waals surface area contributed by atoms with Crippen molar-refractivity contribution in [3.63, 3.8) is 0 Å². The first-order valence-electron chi connectivity index (χ1n) is 6.86. The number of hydrogen-bond donors (Lipinski definition) is 2. The van der Waals surface area contributed by atoms with E-state index < -0.39 is 0 Å². The lowest BCUT2D eigenvalue weighted by atomic mass is 9.73. The standard InChI is InChI=1S/C17H19NO2/c18-16(10-19)17(11-20-12-17)15-8-6-14(7-9-15)13-4-2-1-3-5-13/h1-9,16,19H,10-12,18H2. The molecule has 0 radical (unpaired) electrons. The number of aliphatic hydroxyl groups is 1. The molecular weight excluding hydrogens is 250 g/mol. The highest BCUT2D eigenvalue weighted by Gasteiger charge is 2.45. The molecule has 1 aliphatic heterocycles. The van der Waals surface area contributed by atoms with Crippen LogP contribution in [-0.4, -0.2) is 31.0 Å². The number of hydrogen-bond acceptors (Lipinski definition) is 3. The van der Waals surface area contributed by atoms with E-state index in [0.29, 0.717) is 13.2 Å².